The van der Waals surface area contributed by atoms with E-state index in [1.165, 1.54) is 11.3 Å². The van der Waals surface area contributed by atoms with E-state index in [0.29, 0.717) is 11.2 Å². The number of carboxylic acids is 1. The lowest BCUT2D eigenvalue weighted by Gasteiger charge is -2.09. The highest BCUT2D eigenvalue weighted by molar-refractivity contribution is 7.08. The summed E-state index contributed by atoms with van der Waals surface area (Å²) in [4.78, 5) is 11.3. The van der Waals surface area contributed by atoms with E-state index in [1.54, 1.807) is 6.07 Å². The van der Waals surface area contributed by atoms with Crippen LogP contribution >= 0.6 is 11.3 Å². The van der Waals surface area contributed by atoms with Crippen molar-refractivity contribution in [1.82, 2.24) is 10.2 Å². The first-order valence-electron chi connectivity index (χ1n) is 5.53. The average molecular weight is 271 g/mol. The van der Waals surface area contributed by atoms with E-state index in [-0.39, 0.29) is 5.69 Å². The molecule has 94 valence electrons. The van der Waals surface area contributed by atoms with Crippen LogP contribution in [0.2, 0.25) is 0 Å². The number of aromatic nitrogens is 2. The Bertz CT molecular complexity index is 741. The van der Waals surface area contributed by atoms with Crippen molar-refractivity contribution in [3.8, 4) is 0 Å². The van der Waals surface area contributed by atoms with Crippen molar-refractivity contribution in [3.05, 3.63) is 46.8 Å². The molecule has 0 aliphatic carbocycles. The van der Waals surface area contributed by atoms with Gasteiger partial charge in [0, 0.05) is 16.5 Å². The Hall–Kier alpha value is -2.47. The van der Waals surface area contributed by atoms with Crippen LogP contribution in [0.25, 0.3) is 10.9 Å². The van der Waals surface area contributed by atoms with E-state index in [4.69, 9.17) is 0 Å². The van der Waals surface area contributed by atoms with Gasteiger partial charge in [-0.05, 0) is 17.5 Å². The van der Waals surface area contributed by atoms with Gasteiger partial charge in [-0.15, -0.1) is 10.2 Å². The van der Waals surface area contributed by atoms with E-state index >= 15 is 0 Å². The molecule has 1 aromatic carbocycles. The zero-order valence-corrected chi connectivity index (χ0v) is 10.5. The first-order chi connectivity index (χ1) is 9.25. The maximum Gasteiger partial charge on any atom is 0.358 e. The number of hydrogen-bond donors (Lipinski definition) is 2. The Morgan fingerprint density at radius 3 is 2.79 bits per heavy atom. The van der Waals surface area contributed by atoms with Gasteiger partial charge in [-0.1, -0.05) is 18.2 Å². The lowest BCUT2D eigenvalue weighted by atomic mass is 10.1. The van der Waals surface area contributed by atoms with Crippen molar-refractivity contribution in [2.75, 3.05) is 5.32 Å². The summed E-state index contributed by atoms with van der Waals surface area (Å²) in [5.41, 5.74) is 1.89. The number of benzene rings is 1. The molecule has 2 heterocycles. The van der Waals surface area contributed by atoms with Gasteiger partial charge in [0.05, 0.1) is 11.2 Å². The molecule has 2 aromatic heterocycles. The number of hydrogen-bond acceptors (Lipinski definition) is 5. The lowest BCUT2D eigenvalue weighted by Crippen LogP contribution is -2.07. The molecule has 0 radical (unpaired) electrons. The quantitative estimate of drug-likeness (QED) is 0.765. The molecule has 0 saturated carbocycles. The minimum absolute atomic E-state index is 0.0788. The lowest BCUT2D eigenvalue weighted by molar-refractivity contribution is 0.0690. The van der Waals surface area contributed by atoms with Crippen LogP contribution in [0.15, 0.2) is 41.1 Å². The van der Waals surface area contributed by atoms with E-state index < -0.39 is 5.97 Å². The SMILES string of the molecule is O=C(O)c1nnc2ccccc2c1Nc1ccsc1. The Balaban J connectivity index is 2.22. The van der Waals surface area contributed by atoms with Gasteiger partial charge in [0.15, 0.2) is 5.69 Å². The molecule has 5 nitrogen and oxygen atoms in total. The monoisotopic (exact) mass is 271 g/mol. The molecular formula is C13H9N3O2S. The molecule has 2 N–H and O–H groups in total. The molecule has 0 bridgehead atoms. The molecular weight excluding hydrogens is 262 g/mol. The van der Waals surface area contributed by atoms with Crippen LogP contribution in [-0.2, 0) is 0 Å². The maximum absolute atomic E-state index is 11.3. The summed E-state index contributed by atoms with van der Waals surface area (Å²) < 4.78 is 0. The average Bonchev–Trinajstić information content (AvgIpc) is 2.92. The summed E-state index contributed by atoms with van der Waals surface area (Å²) in [7, 11) is 0. The fourth-order valence-corrected chi connectivity index (χ4v) is 2.40. The second-order valence-corrected chi connectivity index (χ2v) is 4.66. The van der Waals surface area contributed by atoms with Gasteiger partial charge >= 0.3 is 5.97 Å². The minimum atomic E-state index is -1.10. The molecule has 0 saturated heterocycles. The molecule has 0 unspecified atom stereocenters. The molecule has 0 fully saturated rings. The van der Waals surface area contributed by atoms with Crippen molar-refractivity contribution in [3.63, 3.8) is 0 Å². The number of fused-ring (bicyclic) bond motifs is 1. The normalized spacial score (nSPS) is 10.5. The Morgan fingerprint density at radius 1 is 1.21 bits per heavy atom. The third-order valence-electron chi connectivity index (χ3n) is 2.66. The molecule has 19 heavy (non-hydrogen) atoms. The maximum atomic E-state index is 11.3. The summed E-state index contributed by atoms with van der Waals surface area (Å²) in [5.74, 6) is -1.10. The highest BCUT2D eigenvalue weighted by Crippen LogP contribution is 2.28. The Morgan fingerprint density at radius 2 is 2.05 bits per heavy atom. The summed E-state index contributed by atoms with van der Waals surface area (Å²) in [6.45, 7) is 0. The molecule has 0 aliphatic rings. The van der Waals surface area contributed by atoms with E-state index in [1.807, 2.05) is 35.0 Å². The second-order valence-electron chi connectivity index (χ2n) is 3.88. The number of carboxylic acid groups (broad SMARTS) is 1. The van der Waals surface area contributed by atoms with Gasteiger partial charge in [-0.3, -0.25) is 0 Å². The topological polar surface area (TPSA) is 75.1 Å². The van der Waals surface area contributed by atoms with Crippen LogP contribution in [-0.4, -0.2) is 21.3 Å². The molecule has 0 aliphatic heterocycles. The highest BCUT2D eigenvalue weighted by atomic mass is 32.1. The predicted octanol–water partition coefficient (Wildman–Crippen LogP) is 3.13. The van der Waals surface area contributed by atoms with Gasteiger partial charge < -0.3 is 10.4 Å². The van der Waals surface area contributed by atoms with Gasteiger partial charge in [-0.2, -0.15) is 11.3 Å². The predicted molar refractivity (Wildman–Crippen MR) is 74.1 cm³/mol. The fraction of sp³-hybridized carbons (Fsp3) is 0. The van der Waals surface area contributed by atoms with Gasteiger partial charge in [-0.25, -0.2) is 4.79 Å². The van der Waals surface area contributed by atoms with Crippen molar-refractivity contribution in [2.24, 2.45) is 0 Å². The Labute approximate surface area is 112 Å². The number of rotatable bonds is 3. The molecule has 0 atom stereocenters. The zero-order chi connectivity index (χ0) is 13.2. The van der Waals surface area contributed by atoms with Crippen LogP contribution in [0.3, 0.4) is 0 Å². The van der Waals surface area contributed by atoms with E-state index in [0.717, 1.165) is 11.1 Å². The third kappa shape index (κ3) is 2.13. The molecule has 3 aromatic rings. The number of aromatic carboxylic acids is 1. The van der Waals surface area contributed by atoms with Gasteiger partial charge in [0.1, 0.15) is 0 Å². The summed E-state index contributed by atoms with van der Waals surface area (Å²) in [6.07, 6.45) is 0. The van der Waals surface area contributed by atoms with Crippen LogP contribution in [0.5, 0.6) is 0 Å². The number of anilines is 2. The van der Waals surface area contributed by atoms with E-state index in [9.17, 15) is 9.90 Å². The molecule has 0 spiro atoms. The van der Waals surface area contributed by atoms with Crippen molar-refractivity contribution < 1.29 is 9.90 Å². The molecule has 6 heteroatoms. The summed E-state index contributed by atoms with van der Waals surface area (Å²) in [6, 6.07) is 9.18. The molecule has 0 amide bonds. The van der Waals surface area contributed by atoms with Crippen LogP contribution in [0.4, 0.5) is 11.4 Å². The minimum Gasteiger partial charge on any atom is -0.476 e. The first-order valence-corrected chi connectivity index (χ1v) is 6.48. The fourth-order valence-electron chi connectivity index (χ4n) is 1.81. The number of nitrogens with zero attached hydrogens (tertiary/aromatic N) is 2. The number of carbonyl (C=O) groups is 1. The number of nitrogens with one attached hydrogen (secondary N) is 1. The molecule has 3 rings (SSSR count). The first kappa shape index (κ1) is 11.6. The van der Waals surface area contributed by atoms with E-state index in [2.05, 4.69) is 15.5 Å². The zero-order valence-electron chi connectivity index (χ0n) is 9.70. The Kier molecular flexibility index (Phi) is 2.85. The van der Waals surface area contributed by atoms with Crippen LogP contribution in [0.1, 0.15) is 10.5 Å². The van der Waals surface area contributed by atoms with Crippen molar-refractivity contribution in [1.29, 1.82) is 0 Å². The standard InChI is InChI=1S/C13H9N3O2S/c17-13(18)12-11(14-8-5-6-19-7-8)9-3-1-2-4-10(9)15-16-12/h1-7H,(H,14,15)(H,17,18). The van der Waals surface area contributed by atoms with Crippen molar-refractivity contribution >= 4 is 39.6 Å². The summed E-state index contributed by atoms with van der Waals surface area (Å²) >= 11 is 1.53. The summed E-state index contributed by atoms with van der Waals surface area (Å²) in [5, 5.41) is 24.6. The second kappa shape index (κ2) is 4.66. The number of thiophene rings is 1. The smallest absolute Gasteiger partial charge is 0.358 e. The van der Waals surface area contributed by atoms with Crippen LogP contribution in [0, 0.1) is 0 Å². The van der Waals surface area contributed by atoms with Gasteiger partial charge in [0.25, 0.3) is 0 Å². The van der Waals surface area contributed by atoms with Gasteiger partial charge in [0.2, 0.25) is 0 Å². The van der Waals surface area contributed by atoms with Crippen LogP contribution < -0.4 is 5.32 Å². The third-order valence-corrected chi connectivity index (χ3v) is 3.34. The highest BCUT2D eigenvalue weighted by Gasteiger charge is 2.16. The van der Waals surface area contributed by atoms with Crippen molar-refractivity contribution in [2.45, 2.75) is 0 Å². The largest absolute Gasteiger partial charge is 0.476 e.